The number of hydrogen-bond donors (Lipinski definition) is 2. The quantitative estimate of drug-likeness (QED) is 0.727. The fourth-order valence-corrected chi connectivity index (χ4v) is 3.79. The summed E-state index contributed by atoms with van der Waals surface area (Å²) in [5.74, 6) is -1.29. The maximum absolute atomic E-state index is 12.9. The van der Waals surface area contributed by atoms with Gasteiger partial charge >= 0.3 is 5.97 Å². The van der Waals surface area contributed by atoms with Crippen LogP contribution in [0.2, 0.25) is 0 Å². The Morgan fingerprint density at radius 1 is 1.11 bits per heavy atom. The van der Waals surface area contributed by atoms with Gasteiger partial charge in [0.05, 0.1) is 17.9 Å². The molecule has 0 aliphatic carbocycles. The minimum absolute atomic E-state index is 0.0290. The largest absolute Gasteiger partial charge is 0.464 e. The highest BCUT2D eigenvalue weighted by molar-refractivity contribution is 7.89. The third kappa shape index (κ3) is 4.89. The lowest BCUT2D eigenvalue weighted by Crippen LogP contribution is -2.37. The molecule has 0 aromatic heterocycles. The predicted molar refractivity (Wildman–Crippen MR) is 94.9 cm³/mol. The molecule has 0 bridgehead atoms. The SMILES string of the molecule is O=C(Cc1ccc(F)cc1)Nc1ccc(S(=O)(=O)N[C@H]2CCOC2=O)cc1. The third-order valence-electron chi connectivity index (χ3n) is 3.96. The van der Waals surface area contributed by atoms with Crippen molar-refractivity contribution in [1.29, 1.82) is 0 Å². The molecule has 0 saturated carbocycles. The summed E-state index contributed by atoms with van der Waals surface area (Å²) in [6.07, 6.45) is 0.348. The first kappa shape index (κ1) is 19.0. The summed E-state index contributed by atoms with van der Waals surface area (Å²) in [5, 5.41) is 2.64. The van der Waals surface area contributed by atoms with Crippen molar-refractivity contribution >= 4 is 27.6 Å². The second kappa shape index (κ2) is 7.85. The van der Waals surface area contributed by atoms with Gasteiger partial charge in [-0.3, -0.25) is 9.59 Å². The van der Waals surface area contributed by atoms with Gasteiger partial charge < -0.3 is 10.1 Å². The zero-order valence-corrected chi connectivity index (χ0v) is 15.0. The number of carbonyl (C=O) groups is 2. The molecular weight excluding hydrogens is 375 g/mol. The highest BCUT2D eigenvalue weighted by atomic mass is 32.2. The van der Waals surface area contributed by atoms with Crippen LogP contribution in [0.25, 0.3) is 0 Å². The predicted octanol–water partition coefficient (Wildman–Crippen LogP) is 1.60. The number of cyclic esters (lactones) is 1. The molecule has 27 heavy (non-hydrogen) atoms. The molecule has 2 aromatic carbocycles. The maximum Gasteiger partial charge on any atom is 0.324 e. The first-order chi connectivity index (χ1) is 12.8. The molecule has 0 unspecified atom stereocenters. The van der Waals surface area contributed by atoms with Crippen LogP contribution in [-0.4, -0.2) is 32.9 Å². The normalized spacial score (nSPS) is 16.8. The number of esters is 1. The molecule has 1 heterocycles. The van der Waals surface area contributed by atoms with Crippen molar-refractivity contribution in [3.8, 4) is 0 Å². The first-order valence-electron chi connectivity index (χ1n) is 8.17. The lowest BCUT2D eigenvalue weighted by atomic mass is 10.1. The Kier molecular flexibility index (Phi) is 5.52. The number of anilines is 1. The van der Waals surface area contributed by atoms with Crippen molar-refractivity contribution in [1.82, 2.24) is 4.72 Å². The Morgan fingerprint density at radius 2 is 1.78 bits per heavy atom. The summed E-state index contributed by atoms with van der Waals surface area (Å²) in [7, 11) is -3.87. The Bertz CT molecular complexity index is 943. The zero-order valence-electron chi connectivity index (χ0n) is 14.1. The smallest absolute Gasteiger partial charge is 0.324 e. The molecule has 1 saturated heterocycles. The highest BCUT2D eigenvalue weighted by Gasteiger charge is 2.31. The van der Waals surface area contributed by atoms with Crippen LogP contribution in [-0.2, 0) is 30.8 Å². The lowest BCUT2D eigenvalue weighted by Gasteiger charge is -2.11. The molecule has 142 valence electrons. The van der Waals surface area contributed by atoms with Crippen LogP contribution < -0.4 is 10.0 Å². The Labute approximate surface area is 155 Å². The van der Waals surface area contributed by atoms with Crippen molar-refractivity contribution in [2.24, 2.45) is 0 Å². The van der Waals surface area contributed by atoms with E-state index in [0.717, 1.165) is 0 Å². The van der Waals surface area contributed by atoms with E-state index in [4.69, 9.17) is 4.74 Å². The number of nitrogens with one attached hydrogen (secondary N) is 2. The van der Waals surface area contributed by atoms with E-state index in [9.17, 15) is 22.4 Å². The van der Waals surface area contributed by atoms with E-state index in [2.05, 4.69) is 10.0 Å². The number of ether oxygens (including phenoxy) is 1. The van der Waals surface area contributed by atoms with Gasteiger partial charge in [0.2, 0.25) is 15.9 Å². The van der Waals surface area contributed by atoms with Crippen molar-refractivity contribution in [3.63, 3.8) is 0 Å². The summed E-state index contributed by atoms with van der Waals surface area (Å²) in [5.41, 5.74) is 1.07. The summed E-state index contributed by atoms with van der Waals surface area (Å²) >= 11 is 0. The van der Waals surface area contributed by atoms with Crippen LogP contribution in [0.5, 0.6) is 0 Å². The molecule has 3 rings (SSSR count). The molecule has 1 atom stereocenters. The minimum Gasteiger partial charge on any atom is -0.464 e. The standard InChI is InChI=1S/C18H17FN2O5S/c19-13-3-1-12(2-4-13)11-17(22)20-14-5-7-15(8-6-14)27(24,25)21-16-9-10-26-18(16)23/h1-8,16,21H,9-11H2,(H,20,22)/t16-/m0/s1. The molecule has 7 nitrogen and oxygen atoms in total. The number of amides is 1. The summed E-state index contributed by atoms with van der Waals surface area (Å²) < 4.78 is 44.5. The van der Waals surface area contributed by atoms with Gasteiger partial charge in [0.25, 0.3) is 0 Å². The molecule has 1 amide bonds. The Hall–Kier alpha value is -2.78. The van der Waals surface area contributed by atoms with E-state index in [1.54, 1.807) is 0 Å². The maximum atomic E-state index is 12.9. The average Bonchev–Trinajstić information content (AvgIpc) is 3.01. The fourth-order valence-electron chi connectivity index (χ4n) is 2.57. The number of halogens is 1. The van der Waals surface area contributed by atoms with Gasteiger partial charge in [-0.15, -0.1) is 0 Å². The van der Waals surface area contributed by atoms with E-state index in [1.807, 2.05) is 0 Å². The average molecular weight is 392 g/mol. The molecule has 1 aliphatic heterocycles. The van der Waals surface area contributed by atoms with E-state index >= 15 is 0 Å². The minimum atomic E-state index is -3.87. The molecule has 1 fully saturated rings. The van der Waals surface area contributed by atoms with Crippen molar-refractivity contribution in [2.45, 2.75) is 23.8 Å². The van der Waals surface area contributed by atoms with Crippen LogP contribution in [0.15, 0.2) is 53.4 Å². The third-order valence-corrected chi connectivity index (χ3v) is 5.45. The molecule has 1 aliphatic rings. The second-order valence-electron chi connectivity index (χ2n) is 6.01. The van der Waals surface area contributed by atoms with Crippen molar-refractivity contribution in [2.75, 3.05) is 11.9 Å². The molecular formula is C18H17FN2O5S. The van der Waals surface area contributed by atoms with Gasteiger partial charge in [0.1, 0.15) is 11.9 Å². The van der Waals surface area contributed by atoms with Gasteiger partial charge in [0.15, 0.2) is 0 Å². The van der Waals surface area contributed by atoms with Gasteiger partial charge in [-0.1, -0.05) is 12.1 Å². The van der Waals surface area contributed by atoms with Gasteiger partial charge in [0, 0.05) is 12.1 Å². The molecule has 2 aromatic rings. The van der Waals surface area contributed by atoms with E-state index in [0.29, 0.717) is 11.3 Å². The number of sulfonamides is 1. The summed E-state index contributed by atoms with van der Waals surface area (Å²) in [6.45, 7) is 0.186. The molecule has 0 spiro atoms. The van der Waals surface area contributed by atoms with Crippen LogP contribution in [0.4, 0.5) is 10.1 Å². The summed E-state index contributed by atoms with van der Waals surface area (Å²) in [4.78, 5) is 23.4. The van der Waals surface area contributed by atoms with Crippen molar-refractivity contribution in [3.05, 3.63) is 59.9 Å². The van der Waals surface area contributed by atoms with Crippen LogP contribution >= 0.6 is 0 Å². The molecule has 2 N–H and O–H groups in total. The monoisotopic (exact) mass is 392 g/mol. The van der Waals surface area contributed by atoms with Crippen LogP contribution in [0, 0.1) is 5.82 Å². The van der Waals surface area contributed by atoms with Crippen molar-refractivity contribution < 1.29 is 27.1 Å². The van der Waals surface area contributed by atoms with Crippen LogP contribution in [0.3, 0.4) is 0 Å². The number of carbonyl (C=O) groups excluding carboxylic acids is 2. The number of benzene rings is 2. The topological polar surface area (TPSA) is 102 Å². The van der Waals surface area contributed by atoms with Crippen LogP contribution in [0.1, 0.15) is 12.0 Å². The number of hydrogen-bond acceptors (Lipinski definition) is 5. The number of rotatable bonds is 6. The summed E-state index contributed by atoms with van der Waals surface area (Å²) in [6, 6.07) is 10.3. The van der Waals surface area contributed by atoms with Gasteiger partial charge in [-0.2, -0.15) is 4.72 Å². The molecule has 0 radical (unpaired) electrons. The van der Waals surface area contributed by atoms with E-state index in [1.165, 1.54) is 48.5 Å². The van der Waals surface area contributed by atoms with Gasteiger partial charge in [-0.05, 0) is 42.0 Å². The van der Waals surface area contributed by atoms with Gasteiger partial charge in [-0.25, -0.2) is 12.8 Å². The molecule has 9 heteroatoms. The Balaban J connectivity index is 1.61. The second-order valence-corrected chi connectivity index (χ2v) is 7.72. The highest BCUT2D eigenvalue weighted by Crippen LogP contribution is 2.17. The lowest BCUT2D eigenvalue weighted by molar-refractivity contribution is -0.139. The van der Waals surface area contributed by atoms with E-state index in [-0.39, 0.29) is 36.1 Å². The first-order valence-corrected chi connectivity index (χ1v) is 9.65. The van der Waals surface area contributed by atoms with E-state index < -0.39 is 22.0 Å². The Morgan fingerprint density at radius 3 is 2.37 bits per heavy atom. The fraction of sp³-hybridized carbons (Fsp3) is 0.222. The zero-order chi connectivity index (χ0) is 19.4.